The molecule has 0 aliphatic rings. The standard InChI is InChI=1S/C25H46O4/c1-13-15-19(16-14-17-20(26)22(3,4)5)29-25(11,12)24(9,10)21(27)18(2)28-23(6,7)8/h13,18-19H,1,14-17H2,2-12H3. The molecule has 0 radical (unpaired) electrons. The zero-order valence-electron chi connectivity index (χ0n) is 20.9. The van der Waals surface area contributed by atoms with Gasteiger partial charge in [-0.15, -0.1) is 6.58 Å². The van der Waals surface area contributed by atoms with Crippen molar-refractivity contribution in [1.29, 1.82) is 0 Å². The van der Waals surface area contributed by atoms with E-state index in [4.69, 9.17) is 9.47 Å². The molecule has 0 aliphatic heterocycles. The molecule has 0 aromatic heterocycles. The van der Waals surface area contributed by atoms with Crippen LogP contribution in [0.5, 0.6) is 0 Å². The predicted octanol–water partition coefficient (Wildman–Crippen LogP) is 6.31. The third-order valence-electron chi connectivity index (χ3n) is 5.68. The van der Waals surface area contributed by atoms with Crippen molar-refractivity contribution in [3.63, 3.8) is 0 Å². The van der Waals surface area contributed by atoms with Crippen molar-refractivity contribution in [2.75, 3.05) is 0 Å². The van der Waals surface area contributed by atoms with Gasteiger partial charge < -0.3 is 9.47 Å². The third-order valence-corrected chi connectivity index (χ3v) is 5.68. The van der Waals surface area contributed by atoms with Gasteiger partial charge in [0.25, 0.3) is 0 Å². The molecule has 29 heavy (non-hydrogen) atoms. The number of rotatable bonds is 12. The van der Waals surface area contributed by atoms with Crippen molar-refractivity contribution in [3.8, 4) is 0 Å². The predicted molar refractivity (Wildman–Crippen MR) is 121 cm³/mol. The first kappa shape index (κ1) is 28.0. The minimum Gasteiger partial charge on any atom is -0.371 e. The summed E-state index contributed by atoms with van der Waals surface area (Å²) in [7, 11) is 0. The first-order valence-corrected chi connectivity index (χ1v) is 10.9. The summed E-state index contributed by atoms with van der Waals surface area (Å²) in [5.74, 6) is 0.287. The summed E-state index contributed by atoms with van der Waals surface area (Å²) >= 11 is 0. The molecule has 0 aliphatic carbocycles. The van der Waals surface area contributed by atoms with E-state index in [1.165, 1.54) is 0 Å². The number of Topliss-reactive ketones (excluding diaryl/α,β-unsaturated/α-hetero) is 2. The Balaban J connectivity index is 5.18. The fraction of sp³-hybridized carbons (Fsp3) is 0.840. The zero-order valence-corrected chi connectivity index (χ0v) is 20.9. The second kappa shape index (κ2) is 10.3. The molecule has 0 fully saturated rings. The smallest absolute Gasteiger partial charge is 0.169 e. The zero-order chi connectivity index (χ0) is 23.3. The summed E-state index contributed by atoms with van der Waals surface area (Å²) in [6, 6.07) is 0. The Morgan fingerprint density at radius 3 is 1.86 bits per heavy atom. The number of ether oxygens (including phenoxy) is 2. The summed E-state index contributed by atoms with van der Waals surface area (Å²) in [5, 5.41) is 0. The van der Waals surface area contributed by atoms with E-state index in [1.807, 2.05) is 82.2 Å². The highest BCUT2D eigenvalue weighted by Crippen LogP contribution is 2.38. The van der Waals surface area contributed by atoms with Crippen molar-refractivity contribution in [1.82, 2.24) is 0 Å². The van der Waals surface area contributed by atoms with Crippen molar-refractivity contribution >= 4 is 11.6 Å². The van der Waals surface area contributed by atoms with E-state index in [9.17, 15) is 9.59 Å². The highest BCUT2D eigenvalue weighted by atomic mass is 16.5. The van der Waals surface area contributed by atoms with E-state index in [0.29, 0.717) is 12.8 Å². The van der Waals surface area contributed by atoms with Crippen LogP contribution in [0.25, 0.3) is 0 Å². The summed E-state index contributed by atoms with van der Waals surface area (Å²) in [5.41, 5.74) is -2.13. The first-order chi connectivity index (χ1) is 12.8. The molecular formula is C25H46O4. The van der Waals surface area contributed by atoms with Crippen LogP contribution in [-0.2, 0) is 19.1 Å². The molecule has 2 unspecified atom stereocenters. The normalized spacial score (nSPS) is 15.7. The molecule has 0 spiro atoms. The molecule has 4 heteroatoms. The van der Waals surface area contributed by atoms with E-state index in [2.05, 4.69) is 6.58 Å². The lowest BCUT2D eigenvalue weighted by atomic mass is 9.72. The van der Waals surface area contributed by atoms with Gasteiger partial charge in [0.15, 0.2) is 5.78 Å². The Labute approximate surface area is 179 Å². The molecule has 0 heterocycles. The van der Waals surface area contributed by atoms with Gasteiger partial charge in [-0.1, -0.05) is 40.7 Å². The topological polar surface area (TPSA) is 52.6 Å². The van der Waals surface area contributed by atoms with Crippen molar-refractivity contribution in [2.45, 2.75) is 125 Å². The molecule has 0 aromatic carbocycles. The number of hydrogen-bond acceptors (Lipinski definition) is 4. The van der Waals surface area contributed by atoms with Crippen LogP contribution in [0, 0.1) is 10.8 Å². The molecule has 2 atom stereocenters. The Kier molecular flexibility index (Phi) is 9.99. The largest absolute Gasteiger partial charge is 0.371 e. The van der Waals surface area contributed by atoms with Gasteiger partial charge in [0.2, 0.25) is 0 Å². The van der Waals surface area contributed by atoms with Gasteiger partial charge in [-0.05, 0) is 60.8 Å². The summed E-state index contributed by atoms with van der Waals surface area (Å²) in [6.07, 6.45) is 3.99. The van der Waals surface area contributed by atoms with Crippen molar-refractivity contribution < 1.29 is 19.1 Å². The van der Waals surface area contributed by atoms with Crippen LogP contribution in [0.3, 0.4) is 0 Å². The van der Waals surface area contributed by atoms with Crippen LogP contribution in [0.4, 0.5) is 0 Å². The Hall–Kier alpha value is -1.00. The van der Waals surface area contributed by atoms with E-state index in [-0.39, 0.29) is 28.7 Å². The molecule has 170 valence electrons. The molecular weight excluding hydrogens is 364 g/mol. The number of carbonyl (C=O) groups is 2. The average Bonchev–Trinajstić information content (AvgIpc) is 2.50. The maximum atomic E-state index is 13.2. The Morgan fingerprint density at radius 1 is 0.931 bits per heavy atom. The molecule has 0 aromatic rings. The molecule has 0 saturated carbocycles. The first-order valence-electron chi connectivity index (χ1n) is 10.9. The van der Waals surface area contributed by atoms with Gasteiger partial charge >= 0.3 is 0 Å². The molecule has 0 amide bonds. The van der Waals surface area contributed by atoms with Gasteiger partial charge in [-0.3, -0.25) is 9.59 Å². The number of carbonyl (C=O) groups excluding carboxylic acids is 2. The van der Waals surface area contributed by atoms with Crippen LogP contribution in [0.1, 0.15) is 102 Å². The van der Waals surface area contributed by atoms with Gasteiger partial charge in [-0.25, -0.2) is 0 Å². The van der Waals surface area contributed by atoms with Crippen LogP contribution in [0.15, 0.2) is 12.7 Å². The monoisotopic (exact) mass is 410 g/mol. The van der Waals surface area contributed by atoms with Crippen LogP contribution in [0.2, 0.25) is 0 Å². The van der Waals surface area contributed by atoms with Gasteiger partial charge in [-0.2, -0.15) is 0 Å². The van der Waals surface area contributed by atoms with Crippen LogP contribution < -0.4 is 0 Å². The fourth-order valence-corrected chi connectivity index (χ4v) is 3.23. The Bertz CT molecular complexity index is 558. The molecule has 0 N–H and O–H groups in total. The van der Waals surface area contributed by atoms with Crippen LogP contribution >= 0.6 is 0 Å². The third kappa shape index (κ3) is 9.13. The Morgan fingerprint density at radius 2 is 1.45 bits per heavy atom. The fourth-order valence-electron chi connectivity index (χ4n) is 3.23. The van der Waals surface area contributed by atoms with E-state index in [0.717, 1.165) is 12.8 Å². The van der Waals surface area contributed by atoms with E-state index < -0.39 is 17.1 Å². The number of hydrogen-bond donors (Lipinski definition) is 0. The van der Waals surface area contributed by atoms with Gasteiger partial charge in [0.05, 0.1) is 22.7 Å². The van der Waals surface area contributed by atoms with E-state index in [1.54, 1.807) is 0 Å². The lowest BCUT2D eigenvalue weighted by Crippen LogP contribution is -2.52. The highest BCUT2D eigenvalue weighted by Gasteiger charge is 2.47. The SMILES string of the molecule is C=CCC(CCCC(=O)C(C)(C)C)OC(C)(C)C(C)(C)C(=O)C(C)OC(C)(C)C. The minimum absolute atomic E-state index is 0.0256. The highest BCUT2D eigenvalue weighted by molar-refractivity contribution is 5.89. The van der Waals surface area contributed by atoms with E-state index >= 15 is 0 Å². The molecule has 0 rings (SSSR count). The summed E-state index contributed by atoms with van der Waals surface area (Å²) < 4.78 is 12.4. The average molecular weight is 411 g/mol. The second-order valence-electron chi connectivity index (χ2n) is 11.2. The van der Waals surface area contributed by atoms with Gasteiger partial charge in [0.1, 0.15) is 11.9 Å². The van der Waals surface area contributed by atoms with Gasteiger partial charge in [0, 0.05) is 11.8 Å². The molecule has 0 saturated heterocycles. The van der Waals surface area contributed by atoms with Crippen molar-refractivity contribution in [2.24, 2.45) is 10.8 Å². The van der Waals surface area contributed by atoms with Crippen molar-refractivity contribution in [3.05, 3.63) is 12.7 Å². The molecule has 0 bridgehead atoms. The lowest BCUT2D eigenvalue weighted by molar-refractivity contribution is -0.175. The molecule has 4 nitrogen and oxygen atoms in total. The summed E-state index contributed by atoms with van der Waals surface area (Å²) in [4.78, 5) is 25.4. The quantitative estimate of drug-likeness (QED) is 0.354. The maximum Gasteiger partial charge on any atom is 0.169 e. The lowest BCUT2D eigenvalue weighted by Gasteiger charge is -2.44. The summed E-state index contributed by atoms with van der Waals surface area (Å²) in [6.45, 7) is 25.1. The second-order valence-corrected chi connectivity index (χ2v) is 11.2. The maximum absolute atomic E-state index is 13.2. The number of ketones is 2. The minimum atomic E-state index is -0.738. The van der Waals surface area contributed by atoms with Crippen LogP contribution in [-0.4, -0.2) is 35.0 Å².